The molecule has 1 atom stereocenters. The van der Waals surface area contributed by atoms with E-state index in [9.17, 15) is 0 Å². The second kappa shape index (κ2) is 8.93. The Bertz CT molecular complexity index is 77.1. The Morgan fingerprint density at radius 3 is 2.75 bits per heavy atom. The molecule has 73 valence electrons. The monoisotopic (exact) mass is 177 g/mol. The molecular weight excluding hydrogens is 160 g/mol. The van der Waals surface area contributed by atoms with E-state index in [0.717, 1.165) is 12.8 Å². The first-order valence-electron chi connectivity index (χ1n) is 4.12. The smallest absolute Gasteiger partial charge is 0.271 e. The van der Waals surface area contributed by atoms with Crippen molar-refractivity contribution >= 4 is 0 Å². The molecule has 0 heterocycles. The zero-order valence-corrected chi connectivity index (χ0v) is 7.66. The highest BCUT2D eigenvalue weighted by Gasteiger charge is 2.01. The summed E-state index contributed by atoms with van der Waals surface area (Å²) < 4.78 is 14.3. The minimum atomic E-state index is -1.17. The van der Waals surface area contributed by atoms with Gasteiger partial charge in [0.1, 0.15) is 0 Å². The number of hydrogen-bond acceptors (Lipinski definition) is 4. The summed E-state index contributed by atoms with van der Waals surface area (Å²) >= 11 is 0. The lowest BCUT2D eigenvalue weighted by Crippen LogP contribution is -2.18. The van der Waals surface area contributed by atoms with Crippen molar-refractivity contribution in [3.63, 3.8) is 0 Å². The molecule has 0 spiro atoms. The standard InChI is InChI=1S/C8H17O4/c1-3-5-6-11-8(9)12-7-10-4-2/h4,8-9H,3,5-7H2,1-2H3. The van der Waals surface area contributed by atoms with Gasteiger partial charge in [0.15, 0.2) is 6.79 Å². The zero-order valence-electron chi connectivity index (χ0n) is 7.66. The molecule has 0 saturated heterocycles. The number of hydrogen-bond donors (Lipinski definition) is 1. The third-order valence-electron chi connectivity index (χ3n) is 1.20. The number of aliphatic hydroxyl groups excluding tert-OH is 1. The van der Waals surface area contributed by atoms with E-state index in [2.05, 4.69) is 0 Å². The van der Waals surface area contributed by atoms with Crippen LogP contribution in [0.4, 0.5) is 0 Å². The summed E-state index contributed by atoms with van der Waals surface area (Å²) in [5.74, 6) is 0. The SMILES string of the molecule is C[CH]OCOC(O)OCCCC. The number of rotatable bonds is 8. The van der Waals surface area contributed by atoms with Crippen LogP contribution in [-0.4, -0.2) is 25.0 Å². The Morgan fingerprint density at radius 1 is 1.42 bits per heavy atom. The van der Waals surface area contributed by atoms with Gasteiger partial charge in [-0.05, 0) is 13.3 Å². The third kappa shape index (κ3) is 7.94. The fraction of sp³-hybridized carbons (Fsp3) is 0.875. The van der Waals surface area contributed by atoms with E-state index in [1.807, 2.05) is 6.92 Å². The van der Waals surface area contributed by atoms with Gasteiger partial charge in [-0.25, -0.2) is 0 Å². The average molecular weight is 177 g/mol. The lowest BCUT2D eigenvalue weighted by molar-refractivity contribution is -0.288. The fourth-order valence-corrected chi connectivity index (χ4v) is 0.542. The molecule has 1 radical (unpaired) electrons. The maximum Gasteiger partial charge on any atom is 0.271 e. The van der Waals surface area contributed by atoms with Crippen molar-refractivity contribution in [1.82, 2.24) is 0 Å². The van der Waals surface area contributed by atoms with Crippen molar-refractivity contribution in [3.8, 4) is 0 Å². The summed E-state index contributed by atoms with van der Waals surface area (Å²) in [4.78, 5) is 0. The van der Waals surface area contributed by atoms with Crippen molar-refractivity contribution in [1.29, 1.82) is 0 Å². The van der Waals surface area contributed by atoms with E-state index in [1.165, 1.54) is 6.61 Å². The van der Waals surface area contributed by atoms with Crippen molar-refractivity contribution in [2.45, 2.75) is 33.2 Å². The highest BCUT2D eigenvalue weighted by Crippen LogP contribution is 1.94. The van der Waals surface area contributed by atoms with Gasteiger partial charge < -0.3 is 19.3 Å². The molecule has 0 aromatic rings. The average Bonchev–Trinajstić information content (AvgIpc) is 2.06. The minimum Gasteiger partial charge on any atom is -0.350 e. The van der Waals surface area contributed by atoms with Gasteiger partial charge >= 0.3 is 0 Å². The molecule has 0 bridgehead atoms. The van der Waals surface area contributed by atoms with E-state index in [4.69, 9.17) is 19.3 Å². The van der Waals surface area contributed by atoms with Crippen LogP contribution in [0.15, 0.2) is 0 Å². The summed E-state index contributed by atoms with van der Waals surface area (Å²) in [5, 5.41) is 8.96. The first-order valence-corrected chi connectivity index (χ1v) is 4.12. The van der Waals surface area contributed by atoms with Crippen LogP contribution in [0.25, 0.3) is 0 Å². The van der Waals surface area contributed by atoms with Gasteiger partial charge in [0.2, 0.25) is 0 Å². The molecular formula is C8H17O4. The Hall–Kier alpha value is -0.160. The van der Waals surface area contributed by atoms with Crippen LogP contribution in [0.3, 0.4) is 0 Å². The Balaban J connectivity index is 3.04. The summed E-state index contributed by atoms with van der Waals surface area (Å²) in [5.41, 5.74) is 0. The summed E-state index contributed by atoms with van der Waals surface area (Å²) in [6, 6.07) is 0. The van der Waals surface area contributed by atoms with Crippen LogP contribution in [0.5, 0.6) is 0 Å². The summed E-state index contributed by atoms with van der Waals surface area (Å²) in [6.45, 7) is 4.62. The number of ether oxygens (including phenoxy) is 3. The van der Waals surface area contributed by atoms with Gasteiger partial charge in [-0.15, -0.1) is 0 Å². The molecule has 4 heteroatoms. The normalized spacial score (nSPS) is 13.2. The quantitative estimate of drug-likeness (QED) is 0.448. The Labute approximate surface area is 73.4 Å². The second-order valence-corrected chi connectivity index (χ2v) is 2.22. The van der Waals surface area contributed by atoms with Crippen LogP contribution in [0.2, 0.25) is 0 Å². The first kappa shape index (κ1) is 11.8. The first-order chi connectivity index (χ1) is 5.81. The highest BCUT2D eigenvalue weighted by molar-refractivity contribution is 4.31. The lowest BCUT2D eigenvalue weighted by atomic mass is 10.4. The topological polar surface area (TPSA) is 47.9 Å². The van der Waals surface area contributed by atoms with Crippen molar-refractivity contribution in [3.05, 3.63) is 6.61 Å². The molecule has 0 aliphatic heterocycles. The fourth-order valence-electron chi connectivity index (χ4n) is 0.542. The van der Waals surface area contributed by atoms with Crippen LogP contribution in [0, 0.1) is 6.61 Å². The van der Waals surface area contributed by atoms with Crippen LogP contribution in [0.1, 0.15) is 26.7 Å². The molecule has 12 heavy (non-hydrogen) atoms. The molecule has 0 fully saturated rings. The van der Waals surface area contributed by atoms with Crippen LogP contribution >= 0.6 is 0 Å². The molecule has 0 saturated carbocycles. The molecule has 0 amide bonds. The van der Waals surface area contributed by atoms with Crippen molar-refractivity contribution in [2.75, 3.05) is 13.4 Å². The summed E-state index contributed by atoms with van der Waals surface area (Å²) in [7, 11) is 0. The van der Waals surface area contributed by atoms with E-state index in [1.54, 1.807) is 6.92 Å². The molecule has 4 nitrogen and oxygen atoms in total. The lowest BCUT2D eigenvalue weighted by Gasteiger charge is -2.11. The van der Waals surface area contributed by atoms with Crippen molar-refractivity contribution < 1.29 is 19.3 Å². The molecule has 0 aromatic heterocycles. The van der Waals surface area contributed by atoms with E-state index < -0.39 is 6.48 Å². The largest absolute Gasteiger partial charge is 0.350 e. The predicted octanol–water partition coefficient (Wildman–Crippen LogP) is 1.25. The number of aliphatic hydroxyl groups is 1. The molecule has 1 N–H and O–H groups in total. The zero-order chi connectivity index (χ0) is 9.23. The molecule has 0 aromatic carbocycles. The highest BCUT2D eigenvalue weighted by atomic mass is 16.8. The third-order valence-corrected chi connectivity index (χ3v) is 1.20. The Kier molecular flexibility index (Phi) is 8.81. The van der Waals surface area contributed by atoms with Gasteiger partial charge in [0, 0.05) is 0 Å². The molecule has 0 rings (SSSR count). The van der Waals surface area contributed by atoms with Gasteiger partial charge in [-0.2, -0.15) is 0 Å². The van der Waals surface area contributed by atoms with Crippen LogP contribution < -0.4 is 0 Å². The molecule has 0 aliphatic carbocycles. The summed E-state index contributed by atoms with van der Waals surface area (Å²) in [6.07, 6.45) is 1.95. The van der Waals surface area contributed by atoms with Crippen LogP contribution in [-0.2, 0) is 14.2 Å². The molecule has 0 aliphatic rings. The minimum absolute atomic E-state index is 0.0177. The maximum atomic E-state index is 8.96. The van der Waals surface area contributed by atoms with E-state index >= 15 is 0 Å². The van der Waals surface area contributed by atoms with E-state index in [0.29, 0.717) is 6.61 Å². The maximum absolute atomic E-state index is 8.96. The predicted molar refractivity (Wildman–Crippen MR) is 43.9 cm³/mol. The van der Waals surface area contributed by atoms with E-state index in [-0.39, 0.29) is 6.79 Å². The number of unbranched alkanes of at least 4 members (excludes halogenated alkanes) is 1. The van der Waals surface area contributed by atoms with Gasteiger partial charge in [0.25, 0.3) is 6.48 Å². The second-order valence-electron chi connectivity index (χ2n) is 2.22. The Morgan fingerprint density at radius 2 is 2.17 bits per heavy atom. The van der Waals surface area contributed by atoms with Crippen molar-refractivity contribution in [2.24, 2.45) is 0 Å². The van der Waals surface area contributed by atoms with Gasteiger partial charge in [-0.3, -0.25) is 0 Å². The van der Waals surface area contributed by atoms with Gasteiger partial charge in [-0.1, -0.05) is 13.3 Å². The van der Waals surface area contributed by atoms with Gasteiger partial charge in [0.05, 0.1) is 13.2 Å². The molecule has 1 unspecified atom stereocenters.